The molecule has 0 aliphatic carbocycles. The van der Waals surface area contributed by atoms with Crippen LogP contribution in [0.2, 0.25) is 0 Å². The summed E-state index contributed by atoms with van der Waals surface area (Å²) in [7, 11) is 0. The molecule has 0 N–H and O–H groups in total. The number of hydrogen-bond donors (Lipinski definition) is 0. The van der Waals surface area contributed by atoms with Crippen molar-refractivity contribution in [3.63, 3.8) is 0 Å². The van der Waals surface area contributed by atoms with E-state index in [4.69, 9.17) is 0 Å². The molecule has 0 bridgehead atoms. The molecule has 0 saturated heterocycles. The molecule has 1 aromatic carbocycles. The van der Waals surface area contributed by atoms with Gasteiger partial charge in [0.1, 0.15) is 5.82 Å². The highest BCUT2D eigenvalue weighted by Crippen LogP contribution is 2.24. The van der Waals surface area contributed by atoms with E-state index in [0.717, 1.165) is 5.82 Å². The average Bonchev–Trinajstić information content (AvgIpc) is 2.77. The highest BCUT2D eigenvalue weighted by Gasteiger charge is 2.14. The molecule has 2 heteroatoms. The number of rotatable bonds is 2. The summed E-state index contributed by atoms with van der Waals surface area (Å²) in [4.78, 5) is 4.43. The Hall–Kier alpha value is -1.57. The van der Waals surface area contributed by atoms with Crippen LogP contribution in [0.25, 0.3) is 5.69 Å². The Morgan fingerprint density at radius 2 is 1.67 bits per heavy atom. The van der Waals surface area contributed by atoms with Crippen LogP contribution >= 0.6 is 0 Å². The molecule has 0 fully saturated rings. The lowest BCUT2D eigenvalue weighted by Gasteiger charge is -2.19. The van der Waals surface area contributed by atoms with E-state index in [9.17, 15) is 0 Å². The van der Waals surface area contributed by atoms with E-state index >= 15 is 0 Å². The molecule has 0 aliphatic heterocycles. The van der Waals surface area contributed by atoms with Crippen molar-refractivity contribution in [2.24, 2.45) is 0 Å². The van der Waals surface area contributed by atoms with Gasteiger partial charge < -0.3 is 4.57 Å². The predicted molar refractivity (Wildman–Crippen MR) is 76.4 cm³/mol. The topological polar surface area (TPSA) is 17.8 Å². The van der Waals surface area contributed by atoms with E-state index in [1.54, 1.807) is 0 Å². The lowest BCUT2D eigenvalue weighted by molar-refractivity contribution is 0.590. The molecule has 96 valence electrons. The molecule has 2 rings (SSSR count). The van der Waals surface area contributed by atoms with Gasteiger partial charge in [0.25, 0.3) is 0 Å². The van der Waals surface area contributed by atoms with Crippen LogP contribution in [-0.2, 0) is 5.41 Å². The number of imidazole rings is 1. The minimum Gasteiger partial charge on any atom is -0.304 e. The van der Waals surface area contributed by atoms with Crippen LogP contribution in [0.3, 0.4) is 0 Å². The third kappa shape index (κ3) is 2.47. The van der Waals surface area contributed by atoms with Crippen LogP contribution in [0, 0.1) is 0 Å². The molecule has 2 nitrogen and oxygen atoms in total. The Balaban J connectivity index is 2.38. The summed E-state index contributed by atoms with van der Waals surface area (Å²) in [6.45, 7) is 11.0. The van der Waals surface area contributed by atoms with Gasteiger partial charge in [-0.2, -0.15) is 0 Å². The van der Waals surface area contributed by atoms with Crippen LogP contribution in [0.4, 0.5) is 0 Å². The Morgan fingerprint density at radius 3 is 2.17 bits per heavy atom. The normalized spacial score (nSPS) is 12.1. The summed E-state index contributed by atoms with van der Waals surface area (Å²) in [5, 5.41) is 0. The Bertz CT molecular complexity index is 513. The first kappa shape index (κ1) is 12.9. The number of hydrogen-bond acceptors (Lipinski definition) is 1. The molecular formula is C16H22N2. The first-order valence-electron chi connectivity index (χ1n) is 6.54. The zero-order chi connectivity index (χ0) is 13.3. The second-order valence-corrected chi connectivity index (χ2v) is 6.11. The highest BCUT2D eigenvalue weighted by molar-refractivity contribution is 5.38. The van der Waals surface area contributed by atoms with Gasteiger partial charge in [0, 0.05) is 24.0 Å². The summed E-state index contributed by atoms with van der Waals surface area (Å²) in [6, 6.07) is 8.77. The van der Waals surface area contributed by atoms with Gasteiger partial charge in [-0.05, 0) is 23.1 Å². The number of nitrogens with zero attached hydrogens (tertiary/aromatic N) is 2. The van der Waals surface area contributed by atoms with Crippen molar-refractivity contribution in [1.29, 1.82) is 0 Å². The molecule has 0 radical (unpaired) electrons. The predicted octanol–water partition coefficient (Wildman–Crippen LogP) is 4.29. The SMILES string of the molecule is CC(C)c1nccn1-c1ccc(C(C)(C)C)cc1. The quantitative estimate of drug-likeness (QED) is 0.768. The van der Waals surface area contributed by atoms with Gasteiger partial charge in [-0.15, -0.1) is 0 Å². The minimum absolute atomic E-state index is 0.203. The van der Waals surface area contributed by atoms with Gasteiger partial charge in [-0.3, -0.25) is 0 Å². The molecule has 0 saturated carbocycles. The van der Waals surface area contributed by atoms with Crippen LogP contribution < -0.4 is 0 Å². The van der Waals surface area contributed by atoms with Gasteiger partial charge in [0.15, 0.2) is 0 Å². The smallest absolute Gasteiger partial charge is 0.115 e. The van der Waals surface area contributed by atoms with Crippen molar-refractivity contribution in [3.05, 3.63) is 48.0 Å². The lowest BCUT2D eigenvalue weighted by atomic mass is 9.87. The Morgan fingerprint density at radius 1 is 1.06 bits per heavy atom. The summed E-state index contributed by atoms with van der Waals surface area (Å²) < 4.78 is 2.16. The fraction of sp³-hybridized carbons (Fsp3) is 0.438. The molecule has 1 heterocycles. The molecule has 18 heavy (non-hydrogen) atoms. The zero-order valence-electron chi connectivity index (χ0n) is 11.9. The zero-order valence-corrected chi connectivity index (χ0v) is 11.9. The van der Waals surface area contributed by atoms with E-state index in [2.05, 4.69) is 68.4 Å². The van der Waals surface area contributed by atoms with Crippen LogP contribution in [0.1, 0.15) is 51.9 Å². The van der Waals surface area contributed by atoms with Crippen molar-refractivity contribution < 1.29 is 0 Å². The van der Waals surface area contributed by atoms with E-state index < -0.39 is 0 Å². The van der Waals surface area contributed by atoms with E-state index in [0.29, 0.717) is 5.92 Å². The van der Waals surface area contributed by atoms with E-state index in [1.165, 1.54) is 11.3 Å². The molecule has 0 unspecified atom stereocenters. The van der Waals surface area contributed by atoms with Crippen LogP contribution in [0.15, 0.2) is 36.7 Å². The third-order valence-corrected chi connectivity index (χ3v) is 3.20. The molecule has 0 aliphatic rings. The summed E-state index contributed by atoms with van der Waals surface area (Å²) in [5.74, 6) is 1.54. The molecule has 1 aromatic heterocycles. The Kier molecular flexibility index (Phi) is 3.29. The van der Waals surface area contributed by atoms with Crippen molar-refractivity contribution >= 4 is 0 Å². The van der Waals surface area contributed by atoms with Gasteiger partial charge in [-0.1, -0.05) is 46.8 Å². The van der Waals surface area contributed by atoms with E-state index in [1.807, 2.05) is 12.4 Å². The fourth-order valence-corrected chi connectivity index (χ4v) is 2.08. The van der Waals surface area contributed by atoms with Gasteiger partial charge in [0.05, 0.1) is 0 Å². The molecule has 0 amide bonds. The van der Waals surface area contributed by atoms with Gasteiger partial charge >= 0.3 is 0 Å². The van der Waals surface area contributed by atoms with E-state index in [-0.39, 0.29) is 5.41 Å². The van der Waals surface area contributed by atoms with Crippen molar-refractivity contribution in [3.8, 4) is 5.69 Å². The van der Waals surface area contributed by atoms with Crippen LogP contribution in [-0.4, -0.2) is 9.55 Å². The first-order chi connectivity index (χ1) is 8.39. The van der Waals surface area contributed by atoms with Crippen molar-refractivity contribution in [2.45, 2.75) is 46.0 Å². The minimum atomic E-state index is 0.203. The first-order valence-corrected chi connectivity index (χ1v) is 6.54. The average molecular weight is 242 g/mol. The second-order valence-electron chi connectivity index (χ2n) is 6.11. The van der Waals surface area contributed by atoms with Crippen LogP contribution in [0.5, 0.6) is 0 Å². The van der Waals surface area contributed by atoms with Gasteiger partial charge in [0.2, 0.25) is 0 Å². The van der Waals surface area contributed by atoms with Crippen molar-refractivity contribution in [1.82, 2.24) is 9.55 Å². The maximum Gasteiger partial charge on any atom is 0.115 e. The molecular weight excluding hydrogens is 220 g/mol. The summed E-state index contributed by atoms with van der Waals surface area (Å²) >= 11 is 0. The number of benzene rings is 1. The monoisotopic (exact) mass is 242 g/mol. The second kappa shape index (κ2) is 4.60. The van der Waals surface area contributed by atoms with Crippen molar-refractivity contribution in [2.75, 3.05) is 0 Å². The third-order valence-electron chi connectivity index (χ3n) is 3.20. The fourth-order valence-electron chi connectivity index (χ4n) is 2.08. The maximum absolute atomic E-state index is 4.43. The lowest BCUT2D eigenvalue weighted by Crippen LogP contribution is -2.11. The standard InChI is InChI=1S/C16H22N2/c1-12(2)15-17-10-11-18(15)14-8-6-13(7-9-14)16(3,4)5/h6-12H,1-5H3. The Labute approximate surface area is 110 Å². The molecule has 2 aromatic rings. The molecule has 0 atom stereocenters. The molecule has 0 spiro atoms. The maximum atomic E-state index is 4.43. The highest BCUT2D eigenvalue weighted by atomic mass is 15.1. The summed E-state index contributed by atoms with van der Waals surface area (Å²) in [5.41, 5.74) is 2.75. The number of aromatic nitrogens is 2. The largest absolute Gasteiger partial charge is 0.304 e. The summed E-state index contributed by atoms with van der Waals surface area (Å²) in [6.07, 6.45) is 3.90. The van der Waals surface area contributed by atoms with Gasteiger partial charge in [-0.25, -0.2) is 4.98 Å².